The molecule has 0 fully saturated rings. The molecule has 0 aromatic carbocycles. The lowest BCUT2D eigenvalue weighted by Crippen LogP contribution is -2.47. The Kier molecular flexibility index (Phi) is 16.2. The van der Waals surface area contributed by atoms with E-state index >= 15 is 0 Å². The third kappa shape index (κ3) is 15.0. The van der Waals surface area contributed by atoms with E-state index in [9.17, 15) is 44.6 Å². The van der Waals surface area contributed by atoms with Gasteiger partial charge in [0.05, 0.1) is 25.9 Å². The summed E-state index contributed by atoms with van der Waals surface area (Å²) in [7, 11) is 0. The quantitative estimate of drug-likeness (QED) is 0.0819. The van der Waals surface area contributed by atoms with Crippen molar-refractivity contribution in [2.24, 2.45) is 0 Å². The van der Waals surface area contributed by atoms with Gasteiger partial charge in [0, 0.05) is 26.4 Å². The Morgan fingerprint density at radius 1 is 0.771 bits per heavy atom. The summed E-state index contributed by atoms with van der Waals surface area (Å²) < 4.78 is 0. The minimum atomic E-state index is -2.63. The second kappa shape index (κ2) is 17.6. The topological polar surface area (TPSA) is 197 Å². The molecule has 0 aliphatic heterocycles. The zero-order chi connectivity index (χ0) is 26.9. The molecule has 0 saturated heterocycles. The lowest BCUT2D eigenvalue weighted by molar-refractivity contribution is -0.166. The van der Waals surface area contributed by atoms with Crippen molar-refractivity contribution < 1.29 is 44.6 Å². The number of carbonyl (C=O) groups is 5. The number of hydrogen-bond acceptors (Lipinski definition) is 8. The maximum atomic E-state index is 12.1. The van der Waals surface area contributed by atoms with Crippen molar-refractivity contribution in [1.29, 1.82) is 0 Å². The number of carbonyl (C=O) groups excluding carboxylic acids is 4. The van der Waals surface area contributed by atoms with Crippen LogP contribution in [-0.2, 0) is 24.0 Å². The monoisotopic (exact) mass is 504 g/mol. The molecule has 6 N–H and O–H groups in total. The molecule has 0 aromatic heterocycles. The maximum Gasteiger partial charge on any atom is 0.336 e. The van der Waals surface area contributed by atoms with Crippen LogP contribution < -0.4 is 10.6 Å². The Bertz CT molecular complexity index is 704. The van der Waals surface area contributed by atoms with E-state index in [4.69, 9.17) is 0 Å². The molecule has 0 rings (SSSR count). The number of unbranched alkanes of at least 4 members (excludes halogenated alkanes) is 4. The van der Waals surface area contributed by atoms with Crippen LogP contribution in [0.1, 0.15) is 78.1 Å². The molecule has 35 heavy (non-hydrogen) atoms. The van der Waals surface area contributed by atoms with Crippen molar-refractivity contribution in [2.75, 3.05) is 26.2 Å². The van der Waals surface area contributed by atoms with Gasteiger partial charge in [0.25, 0.3) is 0 Å². The summed E-state index contributed by atoms with van der Waals surface area (Å²) in [6.45, 7) is 3.22. The molecule has 4 amide bonds. The van der Waals surface area contributed by atoms with Gasteiger partial charge in [-0.05, 0) is 19.3 Å². The van der Waals surface area contributed by atoms with E-state index < -0.39 is 48.0 Å². The van der Waals surface area contributed by atoms with E-state index in [1.807, 2.05) is 0 Å². The molecular formula is C22H40N4O9. The first-order valence-corrected chi connectivity index (χ1v) is 11.9. The van der Waals surface area contributed by atoms with Crippen molar-refractivity contribution in [3.05, 3.63) is 0 Å². The van der Waals surface area contributed by atoms with E-state index in [2.05, 4.69) is 17.6 Å². The fourth-order valence-electron chi connectivity index (χ4n) is 3.07. The van der Waals surface area contributed by atoms with Crippen molar-refractivity contribution in [2.45, 2.75) is 83.7 Å². The van der Waals surface area contributed by atoms with Crippen LogP contribution in [0, 0.1) is 0 Å². The van der Waals surface area contributed by atoms with Gasteiger partial charge in [-0.1, -0.05) is 32.6 Å². The van der Waals surface area contributed by atoms with Crippen LogP contribution in [0.5, 0.6) is 0 Å². The van der Waals surface area contributed by atoms with Crippen LogP contribution in [0.4, 0.5) is 0 Å². The molecule has 0 radical (unpaired) electrons. The number of amides is 4. The van der Waals surface area contributed by atoms with E-state index in [-0.39, 0.29) is 45.4 Å². The second-order valence-corrected chi connectivity index (χ2v) is 8.42. The van der Waals surface area contributed by atoms with E-state index in [1.54, 1.807) is 0 Å². The number of rotatable bonds is 19. The SMILES string of the molecule is CCCCCCCC(=O)N(O)CCCNC(=O)CC(O)(CC(=O)NCCCN(O)C(C)=O)C(=O)O. The minimum Gasteiger partial charge on any atom is -0.479 e. The molecule has 0 spiro atoms. The van der Waals surface area contributed by atoms with Gasteiger partial charge >= 0.3 is 5.97 Å². The number of carboxylic acid groups (broad SMARTS) is 1. The number of nitrogens with one attached hydrogen (secondary N) is 2. The fraction of sp³-hybridized carbons (Fsp3) is 0.773. The average Bonchev–Trinajstić information content (AvgIpc) is 2.78. The first-order valence-electron chi connectivity index (χ1n) is 11.9. The molecule has 0 aliphatic rings. The summed E-state index contributed by atoms with van der Waals surface area (Å²) in [4.78, 5) is 58.2. The first-order chi connectivity index (χ1) is 16.4. The number of carboxylic acids is 1. The number of hydroxylamine groups is 4. The summed E-state index contributed by atoms with van der Waals surface area (Å²) in [5.74, 6) is -4.36. The second-order valence-electron chi connectivity index (χ2n) is 8.42. The van der Waals surface area contributed by atoms with Crippen molar-refractivity contribution in [3.63, 3.8) is 0 Å². The molecule has 1 atom stereocenters. The van der Waals surface area contributed by atoms with Crippen LogP contribution in [0.15, 0.2) is 0 Å². The Morgan fingerprint density at radius 3 is 1.71 bits per heavy atom. The fourth-order valence-corrected chi connectivity index (χ4v) is 3.07. The summed E-state index contributed by atoms with van der Waals surface area (Å²) >= 11 is 0. The predicted molar refractivity (Wildman–Crippen MR) is 123 cm³/mol. The van der Waals surface area contributed by atoms with Crippen LogP contribution in [0.25, 0.3) is 0 Å². The molecule has 0 aromatic rings. The van der Waals surface area contributed by atoms with Gasteiger partial charge in [-0.2, -0.15) is 0 Å². The summed E-state index contributed by atoms with van der Waals surface area (Å²) in [5.41, 5.74) is -2.63. The number of aliphatic hydroxyl groups is 1. The lowest BCUT2D eigenvalue weighted by atomic mass is 9.94. The van der Waals surface area contributed by atoms with Gasteiger partial charge in [0.15, 0.2) is 5.60 Å². The van der Waals surface area contributed by atoms with E-state index in [0.717, 1.165) is 32.6 Å². The molecule has 0 heterocycles. The lowest BCUT2D eigenvalue weighted by Gasteiger charge is -2.22. The van der Waals surface area contributed by atoms with Crippen molar-refractivity contribution in [3.8, 4) is 0 Å². The Labute approximate surface area is 205 Å². The Morgan fingerprint density at radius 2 is 1.26 bits per heavy atom. The minimum absolute atomic E-state index is 0.0141. The van der Waals surface area contributed by atoms with Gasteiger partial charge in [0.1, 0.15) is 0 Å². The van der Waals surface area contributed by atoms with Crippen molar-refractivity contribution in [1.82, 2.24) is 20.8 Å². The average molecular weight is 505 g/mol. The molecule has 0 aliphatic carbocycles. The Hall–Kier alpha value is -2.77. The summed E-state index contributed by atoms with van der Waals surface area (Å²) in [6.07, 6.45) is 3.72. The van der Waals surface area contributed by atoms with Gasteiger partial charge in [-0.15, -0.1) is 0 Å². The highest BCUT2D eigenvalue weighted by atomic mass is 16.5. The standard InChI is InChI=1S/C22H40N4O9/c1-3-4-5-6-7-10-20(30)26(35)14-9-12-24-19(29)16-22(33,21(31)32)15-18(28)23-11-8-13-25(34)17(2)27/h33-35H,3-16H2,1-2H3,(H,23,28)(H,24,29)(H,31,32). The van der Waals surface area contributed by atoms with E-state index in [1.165, 1.54) is 0 Å². The van der Waals surface area contributed by atoms with Crippen LogP contribution in [0.3, 0.4) is 0 Å². The maximum absolute atomic E-state index is 12.1. The van der Waals surface area contributed by atoms with Crippen molar-refractivity contribution >= 4 is 29.6 Å². The highest BCUT2D eigenvalue weighted by Crippen LogP contribution is 2.16. The molecule has 13 heteroatoms. The first kappa shape index (κ1) is 32.2. The molecule has 202 valence electrons. The smallest absolute Gasteiger partial charge is 0.336 e. The normalized spacial score (nSPS) is 12.4. The zero-order valence-electron chi connectivity index (χ0n) is 20.6. The molecule has 0 saturated carbocycles. The van der Waals surface area contributed by atoms with Crippen LogP contribution in [0.2, 0.25) is 0 Å². The highest BCUT2D eigenvalue weighted by Gasteiger charge is 2.40. The summed E-state index contributed by atoms with van der Waals surface area (Å²) in [6, 6.07) is 0. The molecule has 13 nitrogen and oxygen atoms in total. The summed E-state index contributed by atoms with van der Waals surface area (Å²) in [5, 5.41) is 44.4. The third-order valence-electron chi connectivity index (χ3n) is 5.19. The van der Waals surface area contributed by atoms with Gasteiger partial charge in [0.2, 0.25) is 23.6 Å². The van der Waals surface area contributed by atoms with Gasteiger partial charge in [-0.25, -0.2) is 14.9 Å². The van der Waals surface area contributed by atoms with Crippen LogP contribution >= 0.6 is 0 Å². The number of hydrogen-bond donors (Lipinski definition) is 6. The highest BCUT2D eigenvalue weighted by molar-refractivity contribution is 5.91. The molecular weight excluding hydrogens is 464 g/mol. The largest absolute Gasteiger partial charge is 0.479 e. The third-order valence-corrected chi connectivity index (χ3v) is 5.19. The molecule has 0 bridgehead atoms. The van der Waals surface area contributed by atoms with E-state index in [0.29, 0.717) is 16.5 Å². The zero-order valence-corrected chi connectivity index (χ0v) is 20.6. The number of aliphatic carboxylic acids is 1. The number of nitrogens with zero attached hydrogens (tertiary/aromatic N) is 2. The molecule has 1 unspecified atom stereocenters. The Balaban J connectivity index is 4.31. The van der Waals surface area contributed by atoms with Gasteiger partial charge in [-0.3, -0.25) is 29.6 Å². The predicted octanol–water partition coefficient (Wildman–Crippen LogP) is 0.411. The van der Waals surface area contributed by atoms with Crippen LogP contribution in [-0.4, -0.2) is 92.1 Å². The van der Waals surface area contributed by atoms with Gasteiger partial charge < -0.3 is 20.8 Å².